The first-order valence-corrected chi connectivity index (χ1v) is 5.19. The van der Waals surface area contributed by atoms with Crippen molar-refractivity contribution in [1.29, 1.82) is 0 Å². The van der Waals surface area contributed by atoms with Crippen molar-refractivity contribution >= 4 is 5.97 Å². The molecule has 0 aromatic rings. The minimum atomic E-state index is -0.524. The zero-order valence-corrected chi connectivity index (χ0v) is 9.25. The van der Waals surface area contributed by atoms with Gasteiger partial charge in [0.2, 0.25) is 0 Å². The lowest BCUT2D eigenvalue weighted by atomic mass is 9.88. The Morgan fingerprint density at radius 1 is 1.64 bits per heavy atom. The van der Waals surface area contributed by atoms with Gasteiger partial charge >= 0.3 is 5.97 Å². The van der Waals surface area contributed by atoms with Crippen LogP contribution >= 0.6 is 0 Å². The molecule has 82 valence electrons. The van der Waals surface area contributed by atoms with E-state index in [1.165, 1.54) is 7.11 Å². The first-order valence-electron chi connectivity index (χ1n) is 5.19. The number of methoxy groups -OCH3 is 1. The van der Waals surface area contributed by atoms with Gasteiger partial charge in [0.25, 0.3) is 0 Å². The van der Waals surface area contributed by atoms with Crippen molar-refractivity contribution in [3.05, 3.63) is 0 Å². The number of carbonyl (C=O) groups is 1. The Bertz CT molecular complexity index is 211. The number of aliphatic hydroxyl groups is 1. The third-order valence-corrected chi connectivity index (χ3v) is 3.15. The normalized spacial score (nSPS) is 27.3. The van der Waals surface area contributed by atoms with E-state index in [-0.39, 0.29) is 18.3 Å². The molecule has 3 nitrogen and oxygen atoms in total. The van der Waals surface area contributed by atoms with Crippen molar-refractivity contribution in [2.45, 2.75) is 45.6 Å². The van der Waals surface area contributed by atoms with Crippen LogP contribution in [0.1, 0.15) is 39.5 Å². The van der Waals surface area contributed by atoms with E-state index in [2.05, 4.69) is 18.6 Å². The minimum absolute atomic E-state index is 0.136. The Hall–Kier alpha value is -0.570. The van der Waals surface area contributed by atoms with Crippen LogP contribution < -0.4 is 0 Å². The summed E-state index contributed by atoms with van der Waals surface area (Å²) in [6, 6.07) is 0. The van der Waals surface area contributed by atoms with Crippen molar-refractivity contribution in [1.82, 2.24) is 0 Å². The fourth-order valence-electron chi connectivity index (χ4n) is 2.24. The largest absolute Gasteiger partial charge is 0.469 e. The fourth-order valence-corrected chi connectivity index (χ4v) is 2.24. The lowest BCUT2D eigenvalue weighted by molar-refractivity contribution is -0.143. The average molecular weight is 200 g/mol. The number of ether oxygens (including phenoxy) is 1. The summed E-state index contributed by atoms with van der Waals surface area (Å²) < 4.78 is 4.53. The second-order valence-corrected chi connectivity index (χ2v) is 5.01. The molecule has 1 rings (SSSR count). The molecule has 0 spiro atoms. The molecule has 2 atom stereocenters. The smallest absolute Gasteiger partial charge is 0.308 e. The zero-order valence-electron chi connectivity index (χ0n) is 9.25. The molecule has 1 aliphatic rings. The minimum Gasteiger partial charge on any atom is -0.469 e. The molecule has 14 heavy (non-hydrogen) atoms. The van der Waals surface area contributed by atoms with Crippen LogP contribution in [0.25, 0.3) is 0 Å². The number of hydrogen-bond donors (Lipinski definition) is 1. The predicted molar refractivity (Wildman–Crippen MR) is 53.8 cm³/mol. The molecule has 0 radical (unpaired) electrons. The Labute approximate surface area is 85.5 Å². The summed E-state index contributed by atoms with van der Waals surface area (Å²) in [5.41, 5.74) is 0.321. The number of carbonyl (C=O) groups excluding carboxylic acids is 1. The molecule has 1 unspecified atom stereocenters. The van der Waals surface area contributed by atoms with Gasteiger partial charge in [0, 0.05) is 0 Å². The SMILES string of the molecule is COC(=O)C[C@@H](O)C1CCC(C)(C)C1. The van der Waals surface area contributed by atoms with Gasteiger partial charge in [-0.25, -0.2) is 0 Å². The molecule has 0 aromatic heterocycles. The fraction of sp³-hybridized carbons (Fsp3) is 0.909. The maximum atomic E-state index is 11.0. The molecule has 0 saturated heterocycles. The van der Waals surface area contributed by atoms with Gasteiger partial charge in [0.15, 0.2) is 0 Å². The molecule has 0 amide bonds. The topological polar surface area (TPSA) is 46.5 Å². The Morgan fingerprint density at radius 3 is 2.71 bits per heavy atom. The van der Waals surface area contributed by atoms with Crippen LogP contribution in [0, 0.1) is 11.3 Å². The second kappa shape index (κ2) is 4.30. The molecule has 0 bridgehead atoms. The Kier molecular flexibility index (Phi) is 3.53. The van der Waals surface area contributed by atoms with E-state index in [1.54, 1.807) is 0 Å². The van der Waals surface area contributed by atoms with E-state index in [0.717, 1.165) is 19.3 Å². The van der Waals surface area contributed by atoms with Gasteiger partial charge in [-0.05, 0) is 30.6 Å². The third-order valence-electron chi connectivity index (χ3n) is 3.15. The van der Waals surface area contributed by atoms with Crippen LogP contribution in [-0.2, 0) is 9.53 Å². The maximum absolute atomic E-state index is 11.0. The van der Waals surface area contributed by atoms with Gasteiger partial charge in [-0.15, -0.1) is 0 Å². The van der Waals surface area contributed by atoms with Crippen LogP contribution in [0.4, 0.5) is 0 Å². The van der Waals surface area contributed by atoms with Crippen LogP contribution in [0.2, 0.25) is 0 Å². The van der Waals surface area contributed by atoms with E-state index >= 15 is 0 Å². The average Bonchev–Trinajstić information content (AvgIpc) is 2.46. The van der Waals surface area contributed by atoms with Crippen LogP contribution in [0.5, 0.6) is 0 Å². The first-order chi connectivity index (χ1) is 6.44. The molecular weight excluding hydrogens is 180 g/mol. The molecular formula is C11H20O3. The molecule has 3 heteroatoms. The molecule has 0 heterocycles. The summed E-state index contributed by atoms with van der Waals surface area (Å²) in [6.45, 7) is 4.41. The van der Waals surface area contributed by atoms with E-state index in [9.17, 15) is 9.90 Å². The van der Waals surface area contributed by atoms with Crippen molar-refractivity contribution in [3.63, 3.8) is 0 Å². The van der Waals surface area contributed by atoms with Crippen LogP contribution in [0.15, 0.2) is 0 Å². The summed E-state index contributed by atoms with van der Waals surface area (Å²) in [5, 5.41) is 9.78. The first kappa shape index (κ1) is 11.5. The highest BCUT2D eigenvalue weighted by Crippen LogP contribution is 2.42. The number of rotatable bonds is 3. The van der Waals surface area contributed by atoms with Gasteiger partial charge in [-0.1, -0.05) is 13.8 Å². The standard InChI is InChI=1S/C11H20O3/c1-11(2)5-4-8(7-11)9(12)6-10(13)14-3/h8-9,12H,4-7H2,1-3H3/t8?,9-/m1/s1. The molecule has 1 saturated carbocycles. The van der Waals surface area contributed by atoms with E-state index in [1.807, 2.05) is 0 Å². The number of esters is 1. The van der Waals surface area contributed by atoms with E-state index in [4.69, 9.17) is 0 Å². The number of aliphatic hydroxyl groups excluding tert-OH is 1. The highest BCUT2D eigenvalue weighted by molar-refractivity contribution is 5.69. The van der Waals surface area contributed by atoms with Gasteiger partial charge in [-0.2, -0.15) is 0 Å². The van der Waals surface area contributed by atoms with Gasteiger partial charge in [0.05, 0.1) is 19.6 Å². The summed E-state index contributed by atoms with van der Waals surface area (Å²) in [5.74, 6) is -0.0497. The van der Waals surface area contributed by atoms with E-state index < -0.39 is 6.10 Å². The van der Waals surface area contributed by atoms with Crippen LogP contribution in [-0.4, -0.2) is 24.3 Å². The van der Waals surface area contributed by atoms with Crippen molar-refractivity contribution < 1.29 is 14.6 Å². The summed E-state index contributed by atoms with van der Waals surface area (Å²) in [7, 11) is 1.35. The Balaban J connectivity index is 2.39. The van der Waals surface area contributed by atoms with E-state index in [0.29, 0.717) is 5.41 Å². The van der Waals surface area contributed by atoms with Crippen molar-refractivity contribution in [2.24, 2.45) is 11.3 Å². The summed E-state index contributed by atoms with van der Waals surface area (Å²) >= 11 is 0. The molecule has 1 aliphatic carbocycles. The highest BCUT2D eigenvalue weighted by atomic mass is 16.5. The lowest BCUT2D eigenvalue weighted by Gasteiger charge is -2.20. The van der Waals surface area contributed by atoms with Crippen LogP contribution in [0.3, 0.4) is 0 Å². The summed E-state index contributed by atoms with van der Waals surface area (Å²) in [6.07, 6.45) is 2.77. The molecule has 0 aliphatic heterocycles. The maximum Gasteiger partial charge on any atom is 0.308 e. The predicted octanol–water partition coefficient (Wildman–Crippen LogP) is 1.74. The van der Waals surface area contributed by atoms with Gasteiger partial charge in [0.1, 0.15) is 0 Å². The van der Waals surface area contributed by atoms with Gasteiger partial charge in [-0.3, -0.25) is 4.79 Å². The number of hydrogen-bond acceptors (Lipinski definition) is 3. The second-order valence-electron chi connectivity index (χ2n) is 5.01. The zero-order chi connectivity index (χ0) is 10.8. The quantitative estimate of drug-likeness (QED) is 0.706. The molecule has 0 aromatic carbocycles. The summed E-state index contributed by atoms with van der Waals surface area (Å²) in [4.78, 5) is 11.0. The highest BCUT2D eigenvalue weighted by Gasteiger charge is 2.35. The monoisotopic (exact) mass is 200 g/mol. The Morgan fingerprint density at radius 2 is 2.29 bits per heavy atom. The van der Waals surface area contributed by atoms with Crippen molar-refractivity contribution in [3.8, 4) is 0 Å². The van der Waals surface area contributed by atoms with Gasteiger partial charge < -0.3 is 9.84 Å². The molecule has 1 N–H and O–H groups in total. The lowest BCUT2D eigenvalue weighted by Crippen LogP contribution is -2.23. The molecule has 1 fully saturated rings. The third kappa shape index (κ3) is 2.98. The van der Waals surface area contributed by atoms with Crippen molar-refractivity contribution in [2.75, 3.05) is 7.11 Å².